The van der Waals surface area contributed by atoms with Gasteiger partial charge in [-0.05, 0) is 45.0 Å². The van der Waals surface area contributed by atoms with Gasteiger partial charge in [-0.3, -0.25) is 9.98 Å². The Labute approximate surface area is 180 Å². The third-order valence-electron chi connectivity index (χ3n) is 4.81. The molecule has 3 rings (SSSR count). The fourth-order valence-electron chi connectivity index (χ4n) is 3.33. The summed E-state index contributed by atoms with van der Waals surface area (Å²) in [6.07, 6.45) is 2.19. The second kappa shape index (κ2) is 9.38. The van der Waals surface area contributed by atoms with Gasteiger partial charge in [0.15, 0.2) is 17.4 Å². The maximum absolute atomic E-state index is 14.1. The van der Waals surface area contributed by atoms with Crippen LogP contribution in [0.15, 0.2) is 56.7 Å². The number of hydrogen-bond donors (Lipinski definition) is 3. The van der Waals surface area contributed by atoms with Gasteiger partial charge < -0.3 is 21.9 Å². The lowest BCUT2D eigenvalue weighted by atomic mass is 9.99. The van der Waals surface area contributed by atoms with Gasteiger partial charge >= 0.3 is 0 Å². The molecule has 0 fully saturated rings. The van der Waals surface area contributed by atoms with E-state index >= 15 is 0 Å². The van der Waals surface area contributed by atoms with Gasteiger partial charge in [-0.2, -0.15) is 0 Å². The number of benzene rings is 1. The summed E-state index contributed by atoms with van der Waals surface area (Å²) < 4.78 is 20.2. The van der Waals surface area contributed by atoms with Crippen molar-refractivity contribution in [3.63, 3.8) is 0 Å². The first kappa shape index (κ1) is 21.9. The number of aromatic nitrogens is 1. The van der Waals surface area contributed by atoms with E-state index < -0.39 is 11.9 Å². The van der Waals surface area contributed by atoms with Gasteiger partial charge in [0.1, 0.15) is 11.9 Å². The van der Waals surface area contributed by atoms with E-state index in [1.165, 1.54) is 12.1 Å². The minimum Gasteiger partial charge on any atom is -0.482 e. The lowest BCUT2D eigenvalue weighted by molar-refractivity contribution is 0.227. The minimum absolute atomic E-state index is 0.194. The summed E-state index contributed by atoms with van der Waals surface area (Å²) in [7, 11) is 0. The Hall–Kier alpha value is -3.75. The molecule has 0 radical (unpaired) electrons. The van der Waals surface area contributed by atoms with E-state index in [0.717, 1.165) is 6.34 Å². The summed E-state index contributed by atoms with van der Waals surface area (Å²) in [5.41, 5.74) is 21.6. The topological polar surface area (TPSA) is 137 Å². The van der Waals surface area contributed by atoms with Crippen molar-refractivity contribution in [3.8, 4) is 5.75 Å². The number of rotatable bonds is 1. The number of pyridine rings is 1. The molecule has 1 atom stereocenters. The first-order valence-corrected chi connectivity index (χ1v) is 9.86. The molecule has 31 heavy (non-hydrogen) atoms. The Kier molecular flexibility index (Phi) is 6.64. The van der Waals surface area contributed by atoms with Crippen LogP contribution in [0.1, 0.15) is 43.6 Å². The van der Waals surface area contributed by atoms with E-state index in [0.29, 0.717) is 51.8 Å². The number of halogens is 1. The molecule has 9 heteroatoms. The Morgan fingerprint density at radius 3 is 2.81 bits per heavy atom. The van der Waals surface area contributed by atoms with Crippen LogP contribution >= 0.6 is 0 Å². The number of hydrogen-bond acceptors (Lipinski definition) is 7. The quantitative estimate of drug-likeness (QED) is 0.478. The number of anilines is 1. The van der Waals surface area contributed by atoms with Crippen LogP contribution in [0, 0.1) is 5.82 Å². The van der Waals surface area contributed by atoms with Crippen molar-refractivity contribution in [2.75, 3.05) is 18.8 Å². The van der Waals surface area contributed by atoms with Crippen LogP contribution in [0.2, 0.25) is 0 Å². The van der Waals surface area contributed by atoms with Crippen LogP contribution in [-0.4, -0.2) is 36.0 Å². The highest BCUT2D eigenvalue weighted by Gasteiger charge is 2.22. The van der Waals surface area contributed by atoms with Crippen molar-refractivity contribution in [3.05, 3.63) is 64.2 Å². The first-order chi connectivity index (χ1) is 14.8. The van der Waals surface area contributed by atoms with Gasteiger partial charge in [0.25, 0.3) is 0 Å². The molecule has 1 unspecified atom stereocenters. The molecule has 2 bridgehead atoms. The molecule has 0 amide bonds. The number of nitrogen functional groups attached to an aromatic ring is 1. The molecule has 1 aromatic heterocycles. The molecule has 6 N–H and O–H groups in total. The minimum atomic E-state index is -0.569. The number of nitrogens with two attached hydrogens (primary N) is 3. The Morgan fingerprint density at radius 2 is 2.13 bits per heavy atom. The van der Waals surface area contributed by atoms with E-state index in [2.05, 4.69) is 20.0 Å². The standard InChI is InChI=1S/C22H26FN7O/c1-4-27-20-14-7-19(21(26)28-9-14)31-13(3)17-8-15(23)5-6-16(17)22(30-11-24)29-10-18(20)12(2)25/h5-9,11,13H,4,10,25H2,1-3H3,(H2,26,28)(H2,24,29,30). The molecule has 0 saturated heterocycles. The van der Waals surface area contributed by atoms with Crippen molar-refractivity contribution >= 4 is 23.7 Å². The van der Waals surface area contributed by atoms with Crippen molar-refractivity contribution < 1.29 is 9.13 Å². The van der Waals surface area contributed by atoms with Crippen LogP contribution in [0.3, 0.4) is 0 Å². The summed E-state index contributed by atoms with van der Waals surface area (Å²) in [5.74, 6) is 0.496. The molecular formula is C22H26FN7O. The molecule has 0 aliphatic carbocycles. The second-order valence-corrected chi connectivity index (χ2v) is 7.00. The number of amidine groups is 1. The normalized spacial score (nSPS) is 19.8. The third kappa shape index (κ3) is 4.71. The maximum atomic E-state index is 14.1. The zero-order valence-corrected chi connectivity index (χ0v) is 17.8. The average molecular weight is 423 g/mol. The van der Waals surface area contributed by atoms with Crippen LogP contribution in [0.25, 0.3) is 0 Å². The fourth-order valence-corrected chi connectivity index (χ4v) is 3.33. The molecule has 2 heterocycles. The summed E-state index contributed by atoms with van der Waals surface area (Å²) in [5, 5.41) is 0. The molecule has 0 saturated carbocycles. The zero-order valence-electron chi connectivity index (χ0n) is 17.8. The number of allylic oxidation sites excluding steroid dienone is 1. The lowest BCUT2D eigenvalue weighted by Gasteiger charge is -2.21. The zero-order chi connectivity index (χ0) is 22.5. The van der Waals surface area contributed by atoms with E-state index in [1.807, 2.05) is 6.92 Å². The van der Waals surface area contributed by atoms with Crippen molar-refractivity contribution in [2.24, 2.45) is 26.4 Å². The predicted molar refractivity (Wildman–Crippen MR) is 122 cm³/mol. The molecule has 1 aliphatic heterocycles. The molecule has 162 valence electrons. The second-order valence-electron chi connectivity index (χ2n) is 7.00. The highest BCUT2D eigenvalue weighted by molar-refractivity contribution is 6.14. The summed E-state index contributed by atoms with van der Waals surface area (Å²) in [6, 6.07) is 6.08. The Morgan fingerprint density at radius 1 is 1.35 bits per heavy atom. The molecule has 1 aliphatic rings. The van der Waals surface area contributed by atoms with Crippen LogP contribution in [-0.2, 0) is 0 Å². The largest absolute Gasteiger partial charge is 0.482 e. The van der Waals surface area contributed by atoms with Crippen molar-refractivity contribution in [2.45, 2.75) is 26.9 Å². The summed E-state index contributed by atoms with van der Waals surface area (Å²) >= 11 is 0. The monoisotopic (exact) mass is 423 g/mol. The predicted octanol–water partition coefficient (Wildman–Crippen LogP) is 2.73. The molecule has 0 spiro atoms. The SMILES string of the molecule is CCN=C1C(=C(C)N)CN=C(N=CN)c2ccc(F)cc2C(C)Oc2cc1cnc2N. The van der Waals surface area contributed by atoms with Crippen molar-refractivity contribution in [1.29, 1.82) is 0 Å². The van der Waals surface area contributed by atoms with Crippen LogP contribution in [0.4, 0.5) is 10.2 Å². The Bertz CT molecular complexity index is 1100. The van der Waals surface area contributed by atoms with Crippen molar-refractivity contribution in [1.82, 2.24) is 4.98 Å². The molecule has 1 aromatic carbocycles. The maximum Gasteiger partial charge on any atom is 0.166 e. The molecular weight excluding hydrogens is 397 g/mol. The number of ether oxygens (including phenoxy) is 1. The number of nitrogens with zero attached hydrogens (tertiary/aromatic N) is 4. The van der Waals surface area contributed by atoms with E-state index in [-0.39, 0.29) is 12.4 Å². The summed E-state index contributed by atoms with van der Waals surface area (Å²) in [4.78, 5) is 17.7. The molecule has 2 aromatic rings. The van der Waals surface area contributed by atoms with Gasteiger partial charge in [0.05, 0.1) is 18.6 Å². The van der Waals surface area contributed by atoms with E-state index in [9.17, 15) is 4.39 Å². The van der Waals surface area contributed by atoms with Gasteiger partial charge in [0, 0.05) is 40.7 Å². The van der Waals surface area contributed by atoms with E-state index in [4.69, 9.17) is 21.9 Å². The fraction of sp³-hybridized carbons (Fsp3) is 0.273. The highest BCUT2D eigenvalue weighted by Crippen LogP contribution is 2.31. The number of aliphatic imine (C=N–C) groups is 3. The van der Waals surface area contributed by atoms with Crippen LogP contribution in [0.5, 0.6) is 5.75 Å². The summed E-state index contributed by atoms with van der Waals surface area (Å²) in [6.45, 7) is 6.22. The molecule has 8 nitrogen and oxygen atoms in total. The van der Waals surface area contributed by atoms with E-state index in [1.54, 1.807) is 32.2 Å². The lowest BCUT2D eigenvalue weighted by Crippen LogP contribution is -2.18. The van der Waals surface area contributed by atoms with Gasteiger partial charge in [0.2, 0.25) is 0 Å². The number of fused-ring (bicyclic) bond motifs is 3. The van der Waals surface area contributed by atoms with Crippen LogP contribution < -0.4 is 21.9 Å². The highest BCUT2D eigenvalue weighted by atomic mass is 19.1. The smallest absolute Gasteiger partial charge is 0.166 e. The third-order valence-corrected chi connectivity index (χ3v) is 4.81. The van der Waals surface area contributed by atoms with Gasteiger partial charge in [-0.25, -0.2) is 14.4 Å². The average Bonchev–Trinajstić information content (AvgIpc) is 2.73. The Balaban J connectivity index is 2.33. The first-order valence-electron chi connectivity index (χ1n) is 9.86. The van der Waals surface area contributed by atoms with Gasteiger partial charge in [-0.1, -0.05) is 0 Å². The van der Waals surface area contributed by atoms with Gasteiger partial charge in [-0.15, -0.1) is 0 Å².